The molecule has 3 nitrogen and oxygen atoms in total. The zero-order valence-corrected chi connectivity index (χ0v) is 19.5. The van der Waals surface area contributed by atoms with Gasteiger partial charge < -0.3 is 0 Å². The largest absolute Gasteiger partial charge is 0.406 e. The number of hydrogen-bond donors (Lipinski definition) is 1. The van der Waals surface area contributed by atoms with Crippen LogP contribution in [0.4, 0.5) is 13.2 Å². The van der Waals surface area contributed by atoms with Crippen molar-refractivity contribution in [1.29, 1.82) is 0 Å². The highest BCUT2D eigenvalue weighted by Crippen LogP contribution is 2.30. The van der Waals surface area contributed by atoms with Crippen LogP contribution in [0.15, 0.2) is 60.7 Å². The predicted molar refractivity (Wildman–Crippen MR) is 122 cm³/mol. The molecule has 0 amide bonds. The monoisotopic (exact) mass is 454 g/mol. The van der Waals surface area contributed by atoms with Gasteiger partial charge in [0.1, 0.15) is 6.04 Å². The minimum absolute atomic E-state index is 0.332. The van der Waals surface area contributed by atoms with E-state index in [0.717, 1.165) is 11.1 Å². The van der Waals surface area contributed by atoms with Crippen LogP contribution < -0.4 is 4.72 Å². The maximum Gasteiger partial charge on any atom is 0.406 e. The molecule has 2 rings (SSSR count). The molecule has 3 atom stereocenters. The molecule has 1 N–H and O–H groups in total. The Balaban J connectivity index is 2.44. The zero-order chi connectivity index (χ0) is 23.1. The topological polar surface area (TPSA) is 32.3 Å². The van der Waals surface area contributed by atoms with Crippen LogP contribution in [0.3, 0.4) is 0 Å². The lowest BCUT2D eigenvalue weighted by Crippen LogP contribution is -2.58. The van der Waals surface area contributed by atoms with Crippen LogP contribution in [-0.2, 0) is 24.1 Å². The molecule has 7 heteroatoms. The first-order chi connectivity index (χ1) is 14.5. The molecule has 0 spiro atoms. The van der Waals surface area contributed by atoms with E-state index in [-0.39, 0.29) is 0 Å². The Labute approximate surface area is 186 Å². The molecule has 0 aliphatic rings. The van der Waals surface area contributed by atoms with Crippen LogP contribution in [0.25, 0.3) is 0 Å². The van der Waals surface area contributed by atoms with Crippen molar-refractivity contribution in [2.45, 2.75) is 76.6 Å². The van der Waals surface area contributed by atoms with Gasteiger partial charge >= 0.3 is 6.18 Å². The molecule has 172 valence electrons. The van der Waals surface area contributed by atoms with E-state index < -0.39 is 34.0 Å². The molecule has 0 aliphatic heterocycles. The highest BCUT2D eigenvalue weighted by atomic mass is 32.2. The Bertz CT molecular complexity index is 766. The Hall–Kier alpha value is -1.70. The summed E-state index contributed by atoms with van der Waals surface area (Å²) in [5.74, 6) is 0. The molecule has 31 heavy (non-hydrogen) atoms. The van der Waals surface area contributed by atoms with Gasteiger partial charge in [0.05, 0.1) is 15.7 Å². The normalized spacial score (nSPS) is 15.6. The van der Waals surface area contributed by atoms with E-state index in [0.29, 0.717) is 25.9 Å². The van der Waals surface area contributed by atoms with Gasteiger partial charge in [-0.15, -0.1) is 0 Å². The molecule has 1 unspecified atom stereocenters. The lowest BCUT2D eigenvalue weighted by molar-refractivity contribution is -0.168. The molecular formula is C24H33F3N2OS. The maximum absolute atomic E-state index is 14.3. The summed E-state index contributed by atoms with van der Waals surface area (Å²) in [4.78, 5) is 1.86. The van der Waals surface area contributed by atoms with Crippen LogP contribution in [0.1, 0.15) is 51.7 Å². The van der Waals surface area contributed by atoms with E-state index in [9.17, 15) is 17.4 Å². The average molecular weight is 455 g/mol. The molecule has 0 saturated carbocycles. The van der Waals surface area contributed by atoms with Crippen molar-refractivity contribution in [3.8, 4) is 0 Å². The Kier molecular flexibility index (Phi) is 9.28. The highest BCUT2D eigenvalue weighted by molar-refractivity contribution is 7.84. The molecule has 0 saturated heterocycles. The van der Waals surface area contributed by atoms with Crippen LogP contribution in [0.2, 0.25) is 0 Å². The standard InChI is InChI=1S/C24H33F3N2OS/c1-5-12-21(22(24(25,26)27)28-31(30)23(2,3)4)29(17-19-13-8-6-9-14-19)18-20-15-10-7-11-16-20/h6-11,13-16,21-22,28H,5,12,17-18H2,1-4H3/t21-,22-,31?/m0/s1. The minimum atomic E-state index is -4.54. The first-order valence-corrected chi connectivity index (χ1v) is 11.7. The van der Waals surface area contributed by atoms with E-state index in [2.05, 4.69) is 4.72 Å². The van der Waals surface area contributed by atoms with Gasteiger partial charge in [0, 0.05) is 19.1 Å². The van der Waals surface area contributed by atoms with Gasteiger partial charge in [-0.25, -0.2) is 8.93 Å². The van der Waals surface area contributed by atoms with Gasteiger partial charge in [-0.05, 0) is 38.3 Å². The Morgan fingerprint density at radius 3 is 1.71 bits per heavy atom. The molecular weight excluding hydrogens is 421 g/mol. The summed E-state index contributed by atoms with van der Waals surface area (Å²) in [5, 5.41) is 0. The van der Waals surface area contributed by atoms with Crippen molar-refractivity contribution in [3.05, 3.63) is 71.8 Å². The molecule has 0 heterocycles. The summed E-state index contributed by atoms with van der Waals surface area (Å²) in [7, 11) is -1.84. The average Bonchev–Trinajstić information content (AvgIpc) is 2.70. The van der Waals surface area contributed by atoms with Crippen LogP contribution >= 0.6 is 0 Å². The summed E-state index contributed by atoms with van der Waals surface area (Å²) in [6, 6.07) is 16.2. The highest BCUT2D eigenvalue weighted by Gasteiger charge is 2.48. The Morgan fingerprint density at radius 1 is 0.903 bits per heavy atom. The predicted octanol–water partition coefficient (Wildman–Crippen LogP) is 5.84. The lowest BCUT2D eigenvalue weighted by Gasteiger charge is -2.39. The second kappa shape index (κ2) is 11.2. The van der Waals surface area contributed by atoms with E-state index >= 15 is 0 Å². The van der Waals surface area contributed by atoms with E-state index in [1.165, 1.54) is 0 Å². The number of halogens is 3. The quantitative estimate of drug-likeness (QED) is 0.489. The third-order valence-electron chi connectivity index (χ3n) is 5.04. The van der Waals surface area contributed by atoms with Gasteiger partial charge in [-0.2, -0.15) is 13.2 Å². The number of rotatable bonds is 10. The SMILES string of the molecule is CCC[C@@H]([C@H](NS(=O)C(C)(C)C)C(F)(F)F)N(Cc1ccccc1)Cc1ccccc1. The van der Waals surface area contributed by atoms with E-state index in [1.54, 1.807) is 20.8 Å². The number of nitrogens with one attached hydrogen (secondary N) is 1. The number of benzene rings is 2. The van der Waals surface area contributed by atoms with Gasteiger partial charge in [-0.1, -0.05) is 74.0 Å². The number of hydrogen-bond acceptors (Lipinski definition) is 2. The van der Waals surface area contributed by atoms with Crippen LogP contribution in [0, 0.1) is 0 Å². The van der Waals surface area contributed by atoms with E-state index in [4.69, 9.17) is 0 Å². The smallest absolute Gasteiger partial charge is 0.290 e. The zero-order valence-electron chi connectivity index (χ0n) is 18.7. The fourth-order valence-corrected chi connectivity index (χ4v) is 4.31. The van der Waals surface area contributed by atoms with Crippen LogP contribution in [0.5, 0.6) is 0 Å². The van der Waals surface area contributed by atoms with Gasteiger partial charge in [0.2, 0.25) is 0 Å². The first-order valence-electron chi connectivity index (χ1n) is 10.6. The molecule has 0 bridgehead atoms. The molecule has 0 aliphatic carbocycles. The molecule has 2 aromatic carbocycles. The van der Waals surface area contributed by atoms with Crippen molar-refractivity contribution in [3.63, 3.8) is 0 Å². The number of nitrogens with zero attached hydrogens (tertiary/aromatic N) is 1. The van der Waals surface area contributed by atoms with Gasteiger partial charge in [0.25, 0.3) is 0 Å². The van der Waals surface area contributed by atoms with Crippen molar-refractivity contribution in [2.24, 2.45) is 0 Å². The summed E-state index contributed by atoms with van der Waals surface area (Å²) in [6.45, 7) is 7.64. The fourth-order valence-electron chi connectivity index (χ4n) is 3.44. The molecule has 2 aromatic rings. The first kappa shape index (κ1) is 25.6. The molecule has 0 fully saturated rings. The van der Waals surface area contributed by atoms with E-state index in [1.807, 2.05) is 72.5 Å². The second-order valence-corrected chi connectivity index (χ2v) is 10.7. The van der Waals surface area contributed by atoms with Crippen molar-refractivity contribution < 1.29 is 17.4 Å². The summed E-state index contributed by atoms with van der Waals surface area (Å²) in [5.41, 5.74) is 1.88. The summed E-state index contributed by atoms with van der Waals surface area (Å²) in [6.07, 6.45) is -3.62. The minimum Gasteiger partial charge on any atom is -0.290 e. The van der Waals surface area contributed by atoms with Crippen molar-refractivity contribution in [2.75, 3.05) is 0 Å². The fraction of sp³-hybridized carbons (Fsp3) is 0.500. The Morgan fingerprint density at radius 2 is 1.35 bits per heavy atom. The van der Waals surface area contributed by atoms with Crippen molar-refractivity contribution in [1.82, 2.24) is 9.62 Å². The van der Waals surface area contributed by atoms with Crippen molar-refractivity contribution >= 4 is 11.0 Å². The summed E-state index contributed by atoms with van der Waals surface area (Å²) < 4.78 is 57.1. The maximum atomic E-state index is 14.3. The van der Waals surface area contributed by atoms with Crippen LogP contribution in [-0.4, -0.2) is 32.1 Å². The van der Waals surface area contributed by atoms with Gasteiger partial charge in [-0.3, -0.25) is 4.90 Å². The van der Waals surface area contributed by atoms with Gasteiger partial charge in [0.15, 0.2) is 0 Å². The third-order valence-corrected chi connectivity index (χ3v) is 6.62. The second-order valence-electron chi connectivity index (χ2n) is 8.75. The third kappa shape index (κ3) is 8.05. The molecule has 0 radical (unpaired) electrons. The summed E-state index contributed by atoms with van der Waals surface area (Å²) >= 11 is 0. The number of alkyl halides is 3. The lowest BCUT2D eigenvalue weighted by atomic mass is 9.99. The molecule has 0 aromatic heterocycles.